The van der Waals surface area contributed by atoms with E-state index in [2.05, 4.69) is 15.0 Å². The van der Waals surface area contributed by atoms with Crippen LogP contribution in [0.3, 0.4) is 0 Å². The molecule has 0 aliphatic carbocycles. The largest absolute Gasteiger partial charge is 0.391 e. The number of nitrogens with zero attached hydrogens (tertiary/aromatic N) is 5. The number of aliphatic hydroxyl groups excluding tert-OH is 1. The molecule has 1 fully saturated rings. The van der Waals surface area contributed by atoms with Crippen LogP contribution in [0.2, 0.25) is 0 Å². The number of benzene rings is 1. The molecule has 4 rings (SSSR count). The summed E-state index contributed by atoms with van der Waals surface area (Å²) >= 11 is 0. The molecule has 0 amide bonds. The Balaban J connectivity index is 1.80. The number of fused-ring (bicyclic) bond motifs is 1. The highest BCUT2D eigenvalue weighted by Gasteiger charge is 2.35. The van der Waals surface area contributed by atoms with E-state index in [1.807, 2.05) is 16.4 Å². The summed E-state index contributed by atoms with van der Waals surface area (Å²) in [5, 5.41) is 10.2. The lowest BCUT2D eigenvalue weighted by atomic mass is 10.0. The van der Waals surface area contributed by atoms with E-state index in [0.717, 1.165) is 12.6 Å². The van der Waals surface area contributed by atoms with Crippen LogP contribution in [0.1, 0.15) is 24.9 Å². The van der Waals surface area contributed by atoms with Crippen molar-refractivity contribution in [1.29, 1.82) is 0 Å². The Kier molecular flexibility index (Phi) is 3.84. The van der Waals surface area contributed by atoms with Crippen LogP contribution in [-0.2, 0) is 6.54 Å². The molecular weight excluding hydrogens is 328 g/mol. The number of aromatic nitrogens is 4. The molecule has 0 spiro atoms. The third kappa shape index (κ3) is 2.62. The molecule has 2 atom stereocenters. The fourth-order valence-electron chi connectivity index (χ4n) is 3.39. The second-order valence-corrected chi connectivity index (χ2v) is 6.13. The van der Waals surface area contributed by atoms with Crippen LogP contribution in [0.5, 0.6) is 0 Å². The molecule has 1 saturated heterocycles. The molecule has 0 bridgehead atoms. The smallest absolute Gasteiger partial charge is 0.165 e. The molecule has 0 saturated carbocycles. The third-order valence-electron chi connectivity index (χ3n) is 4.60. The summed E-state index contributed by atoms with van der Waals surface area (Å²) in [6.07, 6.45) is 2.97. The SMILES string of the molecule is CCn1cnc2c(N3C[C@H](O)C[C@@H]3c3ccc(F)c(F)c3)ncnc21. The molecule has 8 heteroatoms. The van der Waals surface area contributed by atoms with Gasteiger partial charge in [0.05, 0.1) is 18.5 Å². The lowest BCUT2D eigenvalue weighted by Gasteiger charge is -2.25. The Labute approximate surface area is 142 Å². The summed E-state index contributed by atoms with van der Waals surface area (Å²) in [5.41, 5.74) is 1.93. The maximum Gasteiger partial charge on any atom is 0.165 e. The predicted octanol–water partition coefficient (Wildman–Crippen LogP) is 2.44. The van der Waals surface area contributed by atoms with E-state index in [1.165, 1.54) is 18.5 Å². The minimum Gasteiger partial charge on any atom is -0.391 e. The molecule has 3 aromatic rings. The second-order valence-electron chi connectivity index (χ2n) is 6.13. The van der Waals surface area contributed by atoms with Crippen molar-refractivity contribution in [2.45, 2.75) is 32.0 Å². The molecule has 0 radical (unpaired) electrons. The van der Waals surface area contributed by atoms with Crippen LogP contribution in [0, 0.1) is 11.6 Å². The molecule has 6 nitrogen and oxygen atoms in total. The molecule has 1 aromatic carbocycles. The Bertz CT molecular complexity index is 929. The number of hydrogen-bond donors (Lipinski definition) is 1. The topological polar surface area (TPSA) is 67.1 Å². The van der Waals surface area contributed by atoms with Gasteiger partial charge in [-0.2, -0.15) is 0 Å². The van der Waals surface area contributed by atoms with Crippen molar-refractivity contribution < 1.29 is 13.9 Å². The van der Waals surface area contributed by atoms with Crippen molar-refractivity contribution in [1.82, 2.24) is 19.5 Å². The molecule has 25 heavy (non-hydrogen) atoms. The first-order valence-electron chi connectivity index (χ1n) is 8.14. The zero-order chi connectivity index (χ0) is 17.6. The van der Waals surface area contributed by atoms with Gasteiger partial charge in [-0.1, -0.05) is 6.07 Å². The molecule has 3 heterocycles. The zero-order valence-corrected chi connectivity index (χ0v) is 13.6. The van der Waals surface area contributed by atoms with Crippen molar-refractivity contribution in [3.05, 3.63) is 48.1 Å². The Hall–Kier alpha value is -2.61. The average Bonchev–Trinajstić information content (AvgIpc) is 3.20. The zero-order valence-electron chi connectivity index (χ0n) is 13.6. The number of hydrogen-bond acceptors (Lipinski definition) is 5. The number of rotatable bonds is 3. The Morgan fingerprint density at radius 1 is 1.20 bits per heavy atom. The van der Waals surface area contributed by atoms with Crippen molar-refractivity contribution in [2.75, 3.05) is 11.4 Å². The summed E-state index contributed by atoms with van der Waals surface area (Å²) in [6.45, 7) is 3.06. The highest BCUT2D eigenvalue weighted by Crippen LogP contribution is 2.37. The van der Waals surface area contributed by atoms with E-state index < -0.39 is 17.7 Å². The fourth-order valence-corrected chi connectivity index (χ4v) is 3.39. The maximum atomic E-state index is 13.7. The van der Waals surface area contributed by atoms with Gasteiger partial charge in [0.15, 0.2) is 28.6 Å². The van der Waals surface area contributed by atoms with Gasteiger partial charge in [-0.15, -0.1) is 0 Å². The fraction of sp³-hybridized carbons (Fsp3) is 0.353. The van der Waals surface area contributed by atoms with E-state index in [1.54, 1.807) is 6.33 Å². The second kappa shape index (κ2) is 6.03. The minimum atomic E-state index is -0.901. The first-order chi connectivity index (χ1) is 12.1. The number of aliphatic hydroxyl groups is 1. The van der Waals surface area contributed by atoms with E-state index >= 15 is 0 Å². The molecule has 130 valence electrons. The van der Waals surface area contributed by atoms with Crippen LogP contribution in [-0.4, -0.2) is 37.3 Å². The normalized spacial score (nSPS) is 20.6. The van der Waals surface area contributed by atoms with Gasteiger partial charge in [-0.05, 0) is 31.0 Å². The summed E-state index contributed by atoms with van der Waals surface area (Å²) in [6, 6.07) is 3.51. The minimum absolute atomic E-state index is 0.310. The summed E-state index contributed by atoms with van der Waals surface area (Å²) in [7, 11) is 0. The van der Waals surface area contributed by atoms with Gasteiger partial charge in [0.1, 0.15) is 6.33 Å². The van der Waals surface area contributed by atoms with Gasteiger partial charge in [0.25, 0.3) is 0 Å². The highest BCUT2D eigenvalue weighted by molar-refractivity contribution is 5.83. The van der Waals surface area contributed by atoms with Crippen molar-refractivity contribution >= 4 is 17.0 Å². The highest BCUT2D eigenvalue weighted by atomic mass is 19.2. The van der Waals surface area contributed by atoms with Gasteiger partial charge in [-0.3, -0.25) is 0 Å². The number of imidazole rings is 1. The van der Waals surface area contributed by atoms with E-state index in [4.69, 9.17) is 0 Å². The average molecular weight is 345 g/mol. The monoisotopic (exact) mass is 345 g/mol. The van der Waals surface area contributed by atoms with Gasteiger partial charge in [-0.25, -0.2) is 23.7 Å². The lowest BCUT2D eigenvalue weighted by molar-refractivity contribution is 0.194. The van der Waals surface area contributed by atoms with Crippen LogP contribution in [0.25, 0.3) is 11.2 Å². The number of halogens is 2. The Morgan fingerprint density at radius 2 is 2.04 bits per heavy atom. The molecule has 2 aromatic heterocycles. The van der Waals surface area contributed by atoms with E-state index in [9.17, 15) is 13.9 Å². The predicted molar refractivity (Wildman–Crippen MR) is 88.1 cm³/mol. The van der Waals surface area contributed by atoms with E-state index in [0.29, 0.717) is 35.5 Å². The van der Waals surface area contributed by atoms with Crippen molar-refractivity contribution in [3.8, 4) is 0 Å². The van der Waals surface area contributed by atoms with Crippen LogP contribution in [0.4, 0.5) is 14.6 Å². The molecule has 0 unspecified atom stereocenters. The first kappa shape index (κ1) is 15.9. The summed E-state index contributed by atoms with van der Waals surface area (Å²) in [5.74, 6) is -1.20. The van der Waals surface area contributed by atoms with Gasteiger partial charge < -0.3 is 14.6 Å². The quantitative estimate of drug-likeness (QED) is 0.790. The van der Waals surface area contributed by atoms with E-state index in [-0.39, 0.29) is 6.04 Å². The van der Waals surface area contributed by atoms with Crippen molar-refractivity contribution in [2.24, 2.45) is 0 Å². The number of β-amino-alcohol motifs (C(OH)–C–C–N with tert-alkyl or cyclic N) is 1. The van der Waals surface area contributed by atoms with Crippen LogP contribution >= 0.6 is 0 Å². The first-order valence-corrected chi connectivity index (χ1v) is 8.14. The van der Waals surface area contributed by atoms with Crippen LogP contribution in [0.15, 0.2) is 30.9 Å². The lowest BCUT2D eigenvalue weighted by Crippen LogP contribution is -2.25. The number of anilines is 1. The standard InChI is InChI=1S/C17H17F2N5O/c1-2-23-9-22-15-16(23)20-8-21-17(15)24-7-11(25)6-14(24)10-3-4-12(18)13(19)5-10/h3-5,8-9,11,14,25H,2,6-7H2,1H3/t11-,14-/m1/s1. The molecule has 1 aliphatic heterocycles. The maximum absolute atomic E-state index is 13.7. The van der Waals surface area contributed by atoms with Crippen molar-refractivity contribution in [3.63, 3.8) is 0 Å². The van der Waals surface area contributed by atoms with Crippen LogP contribution < -0.4 is 4.90 Å². The third-order valence-corrected chi connectivity index (χ3v) is 4.60. The molecule has 1 N–H and O–H groups in total. The summed E-state index contributed by atoms with van der Waals surface area (Å²) in [4.78, 5) is 14.9. The molecular formula is C17H17F2N5O. The van der Waals surface area contributed by atoms with Gasteiger partial charge in [0, 0.05) is 13.1 Å². The van der Waals surface area contributed by atoms with Gasteiger partial charge in [0.2, 0.25) is 0 Å². The Morgan fingerprint density at radius 3 is 2.80 bits per heavy atom. The molecule has 1 aliphatic rings. The summed E-state index contributed by atoms with van der Waals surface area (Å²) < 4.78 is 28.8. The number of aryl methyl sites for hydroxylation is 1. The van der Waals surface area contributed by atoms with Gasteiger partial charge >= 0.3 is 0 Å².